The molecule has 0 saturated carbocycles. The predicted octanol–water partition coefficient (Wildman–Crippen LogP) is 3.46. The van der Waals surface area contributed by atoms with Gasteiger partial charge in [0.2, 0.25) is 11.8 Å². The van der Waals surface area contributed by atoms with Gasteiger partial charge in [0.15, 0.2) is 0 Å². The lowest BCUT2D eigenvalue weighted by molar-refractivity contribution is -0.140. The average molecular weight is 384 g/mol. The molecule has 136 valence electrons. The zero-order valence-corrected chi connectivity index (χ0v) is 15.6. The van der Waals surface area contributed by atoms with Crippen LogP contribution in [-0.2, 0) is 9.59 Å². The quantitative estimate of drug-likeness (QED) is 0.836. The number of hydrogen-bond donors (Lipinski definition) is 2. The van der Waals surface area contributed by atoms with E-state index in [1.165, 1.54) is 0 Å². The van der Waals surface area contributed by atoms with Gasteiger partial charge < -0.3 is 15.5 Å². The van der Waals surface area contributed by atoms with Gasteiger partial charge in [0.25, 0.3) is 0 Å². The van der Waals surface area contributed by atoms with Crippen LogP contribution in [0.3, 0.4) is 0 Å². The van der Waals surface area contributed by atoms with Crippen LogP contribution in [0.25, 0.3) is 0 Å². The van der Waals surface area contributed by atoms with Gasteiger partial charge in [-0.25, -0.2) is 0 Å². The van der Waals surface area contributed by atoms with Gasteiger partial charge in [-0.1, -0.05) is 23.2 Å². The van der Waals surface area contributed by atoms with Gasteiger partial charge >= 0.3 is 0 Å². The number of rotatable bonds is 4. The standard InChI is InChI=1S/C18H23Cl2N3O2/c19-12-6-7-15(14(20)10-12)22-18(25)16-5-1-2-9-23(16)17(24)11-13-4-3-8-21-13/h6-7,10,13,16,21H,1-5,8-9,11H2,(H,22,25). The highest BCUT2D eigenvalue weighted by atomic mass is 35.5. The van der Waals surface area contributed by atoms with Crippen molar-refractivity contribution in [2.75, 3.05) is 18.4 Å². The van der Waals surface area contributed by atoms with Gasteiger partial charge in [-0.2, -0.15) is 0 Å². The van der Waals surface area contributed by atoms with E-state index in [1.54, 1.807) is 23.1 Å². The van der Waals surface area contributed by atoms with Crippen LogP contribution in [0.1, 0.15) is 38.5 Å². The molecule has 25 heavy (non-hydrogen) atoms. The summed E-state index contributed by atoms with van der Waals surface area (Å²) in [6.07, 6.45) is 5.16. The highest BCUT2D eigenvalue weighted by Gasteiger charge is 2.33. The molecule has 2 N–H and O–H groups in total. The topological polar surface area (TPSA) is 61.4 Å². The summed E-state index contributed by atoms with van der Waals surface area (Å²) in [5, 5.41) is 7.10. The van der Waals surface area contributed by atoms with Crippen molar-refractivity contribution in [3.05, 3.63) is 28.2 Å². The summed E-state index contributed by atoms with van der Waals surface area (Å²) >= 11 is 12.0. The van der Waals surface area contributed by atoms with Crippen molar-refractivity contribution in [3.8, 4) is 0 Å². The monoisotopic (exact) mass is 383 g/mol. The van der Waals surface area contributed by atoms with Crippen LogP contribution < -0.4 is 10.6 Å². The zero-order chi connectivity index (χ0) is 17.8. The molecule has 2 saturated heterocycles. The summed E-state index contributed by atoms with van der Waals surface area (Å²) in [6, 6.07) is 4.76. The first-order valence-electron chi connectivity index (χ1n) is 8.83. The maximum atomic E-state index is 12.7. The minimum Gasteiger partial charge on any atom is -0.331 e. The van der Waals surface area contributed by atoms with Gasteiger partial charge in [-0.3, -0.25) is 9.59 Å². The van der Waals surface area contributed by atoms with Crippen molar-refractivity contribution < 1.29 is 9.59 Å². The summed E-state index contributed by atoms with van der Waals surface area (Å²) in [4.78, 5) is 27.2. The van der Waals surface area contributed by atoms with Crippen LogP contribution in [0.15, 0.2) is 18.2 Å². The lowest BCUT2D eigenvalue weighted by Gasteiger charge is -2.35. The number of carbonyl (C=O) groups is 2. The molecule has 1 aromatic rings. The Hall–Kier alpha value is -1.30. The van der Waals surface area contributed by atoms with Crippen LogP contribution in [0.2, 0.25) is 10.0 Å². The Morgan fingerprint density at radius 1 is 1.20 bits per heavy atom. The molecular formula is C18H23Cl2N3O2. The van der Waals surface area contributed by atoms with Crippen molar-refractivity contribution in [2.45, 2.75) is 50.6 Å². The first-order chi connectivity index (χ1) is 12.0. The van der Waals surface area contributed by atoms with Gasteiger partial charge in [0, 0.05) is 24.0 Å². The summed E-state index contributed by atoms with van der Waals surface area (Å²) in [5.41, 5.74) is 0.520. The predicted molar refractivity (Wildman–Crippen MR) is 100 cm³/mol. The summed E-state index contributed by atoms with van der Waals surface area (Å²) in [5.74, 6) is -0.127. The molecule has 0 radical (unpaired) electrons. The Morgan fingerprint density at radius 2 is 2.04 bits per heavy atom. The second-order valence-corrected chi connectivity index (χ2v) is 7.55. The molecule has 2 amide bonds. The number of nitrogens with one attached hydrogen (secondary N) is 2. The van der Waals surface area contributed by atoms with E-state index in [2.05, 4.69) is 10.6 Å². The van der Waals surface area contributed by atoms with Gasteiger partial charge in [-0.05, 0) is 56.8 Å². The Balaban J connectivity index is 1.66. The van der Waals surface area contributed by atoms with Crippen LogP contribution in [0.5, 0.6) is 0 Å². The summed E-state index contributed by atoms with van der Waals surface area (Å²) in [7, 11) is 0. The van der Waals surface area contributed by atoms with E-state index in [-0.39, 0.29) is 17.9 Å². The van der Waals surface area contributed by atoms with Crippen LogP contribution >= 0.6 is 23.2 Å². The SMILES string of the molecule is O=C(Nc1ccc(Cl)cc1Cl)C1CCCCN1C(=O)CC1CCCN1. The number of hydrogen-bond acceptors (Lipinski definition) is 3. The van der Waals surface area contributed by atoms with E-state index in [1.807, 2.05) is 0 Å². The largest absolute Gasteiger partial charge is 0.331 e. The average Bonchev–Trinajstić information content (AvgIpc) is 3.10. The molecule has 2 atom stereocenters. The number of nitrogens with zero attached hydrogens (tertiary/aromatic N) is 1. The van der Waals surface area contributed by atoms with E-state index >= 15 is 0 Å². The summed E-state index contributed by atoms with van der Waals surface area (Å²) in [6.45, 7) is 1.61. The molecule has 0 aliphatic carbocycles. The molecule has 2 aliphatic rings. The molecule has 1 aromatic carbocycles. The van der Waals surface area contributed by atoms with Crippen molar-refractivity contribution in [2.24, 2.45) is 0 Å². The van der Waals surface area contributed by atoms with Crippen molar-refractivity contribution in [1.29, 1.82) is 0 Å². The molecule has 2 unspecified atom stereocenters. The minimum atomic E-state index is -0.436. The molecule has 0 spiro atoms. The molecular weight excluding hydrogens is 361 g/mol. The first-order valence-corrected chi connectivity index (χ1v) is 9.59. The number of amides is 2. The summed E-state index contributed by atoms with van der Waals surface area (Å²) < 4.78 is 0. The van der Waals surface area contributed by atoms with Crippen LogP contribution in [-0.4, -0.2) is 41.9 Å². The third-order valence-electron chi connectivity index (χ3n) is 4.90. The van der Waals surface area contributed by atoms with E-state index in [4.69, 9.17) is 23.2 Å². The normalized spacial score (nSPS) is 23.5. The van der Waals surface area contributed by atoms with E-state index in [0.29, 0.717) is 35.1 Å². The van der Waals surface area contributed by atoms with Crippen molar-refractivity contribution in [1.82, 2.24) is 10.2 Å². The van der Waals surface area contributed by atoms with Crippen LogP contribution in [0, 0.1) is 0 Å². The second-order valence-electron chi connectivity index (χ2n) is 6.71. The third-order valence-corrected chi connectivity index (χ3v) is 5.45. The van der Waals surface area contributed by atoms with Crippen molar-refractivity contribution >= 4 is 40.7 Å². The molecule has 2 fully saturated rings. The fraction of sp³-hybridized carbons (Fsp3) is 0.556. The zero-order valence-electron chi connectivity index (χ0n) is 14.1. The molecule has 2 heterocycles. The number of anilines is 1. The van der Waals surface area contributed by atoms with E-state index in [0.717, 1.165) is 32.2 Å². The second kappa shape index (κ2) is 8.39. The Labute approximate surface area is 158 Å². The maximum Gasteiger partial charge on any atom is 0.247 e. The fourth-order valence-corrected chi connectivity index (χ4v) is 4.02. The third kappa shape index (κ3) is 4.66. The Morgan fingerprint density at radius 3 is 2.76 bits per heavy atom. The molecule has 0 aromatic heterocycles. The Kier molecular flexibility index (Phi) is 6.20. The van der Waals surface area contributed by atoms with E-state index in [9.17, 15) is 9.59 Å². The van der Waals surface area contributed by atoms with E-state index < -0.39 is 6.04 Å². The minimum absolute atomic E-state index is 0.0569. The van der Waals surface area contributed by atoms with Gasteiger partial charge in [-0.15, -0.1) is 0 Å². The molecule has 5 nitrogen and oxygen atoms in total. The highest BCUT2D eigenvalue weighted by Crippen LogP contribution is 2.27. The smallest absolute Gasteiger partial charge is 0.247 e. The molecule has 0 bridgehead atoms. The van der Waals surface area contributed by atoms with Crippen LogP contribution in [0.4, 0.5) is 5.69 Å². The molecule has 3 rings (SSSR count). The van der Waals surface area contributed by atoms with Gasteiger partial charge in [0.1, 0.15) is 6.04 Å². The fourth-order valence-electron chi connectivity index (χ4n) is 3.57. The van der Waals surface area contributed by atoms with Crippen molar-refractivity contribution in [3.63, 3.8) is 0 Å². The van der Waals surface area contributed by atoms with Gasteiger partial charge in [0.05, 0.1) is 10.7 Å². The number of halogens is 2. The number of carbonyl (C=O) groups excluding carboxylic acids is 2. The number of likely N-dealkylation sites (tertiary alicyclic amines) is 1. The first kappa shape index (κ1) is 18.5. The Bertz CT molecular complexity index is 647. The molecule has 7 heteroatoms. The number of benzene rings is 1. The number of piperidine rings is 1. The molecule has 2 aliphatic heterocycles. The lowest BCUT2D eigenvalue weighted by Crippen LogP contribution is -2.51. The maximum absolute atomic E-state index is 12.7. The lowest BCUT2D eigenvalue weighted by atomic mass is 9.99. The highest BCUT2D eigenvalue weighted by molar-refractivity contribution is 6.36.